The molecule has 3 rings (SSSR count). The first kappa shape index (κ1) is 17.0. The summed E-state index contributed by atoms with van der Waals surface area (Å²) >= 11 is 0. The van der Waals surface area contributed by atoms with Crippen LogP contribution < -0.4 is 10.1 Å². The molecule has 0 unspecified atom stereocenters. The van der Waals surface area contributed by atoms with E-state index in [9.17, 15) is 4.79 Å². The molecule has 0 aliphatic heterocycles. The van der Waals surface area contributed by atoms with E-state index in [2.05, 4.69) is 40.0 Å². The van der Waals surface area contributed by atoms with Crippen molar-refractivity contribution in [3.8, 4) is 5.75 Å². The van der Waals surface area contributed by atoms with Gasteiger partial charge in [0.1, 0.15) is 18.2 Å². The van der Waals surface area contributed by atoms with Crippen molar-refractivity contribution in [1.29, 1.82) is 0 Å². The molecule has 1 aromatic heterocycles. The number of amides is 1. The molecule has 1 N–H and O–H groups in total. The van der Waals surface area contributed by atoms with E-state index >= 15 is 0 Å². The van der Waals surface area contributed by atoms with Crippen molar-refractivity contribution in [1.82, 2.24) is 14.9 Å². The molecule has 130 valence electrons. The van der Waals surface area contributed by atoms with Crippen LogP contribution in [0.15, 0.2) is 42.5 Å². The highest BCUT2D eigenvalue weighted by molar-refractivity contribution is 5.76. The second-order valence-corrected chi connectivity index (χ2v) is 6.23. The normalized spacial score (nSPS) is 12.1. The van der Waals surface area contributed by atoms with Gasteiger partial charge in [0, 0.05) is 0 Å². The summed E-state index contributed by atoms with van der Waals surface area (Å²) in [5.41, 5.74) is 4.26. The number of carbonyl (C=O) groups excluding carboxylic acids is 1. The Kier molecular flexibility index (Phi) is 5.03. The third-order valence-electron chi connectivity index (χ3n) is 4.31. The van der Waals surface area contributed by atoms with Crippen LogP contribution in [-0.2, 0) is 11.3 Å². The molecule has 1 atom stereocenters. The van der Waals surface area contributed by atoms with Gasteiger partial charge in [-0.25, -0.2) is 4.98 Å². The van der Waals surface area contributed by atoms with Crippen molar-refractivity contribution in [2.24, 2.45) is 0 Å². The number of nitrogens with zero attached hydrogens (tertiary/aromatic N) is 2. The largest absolute Gasteiger partial charge is 0.491 e. The number of ether oxygens (including phenoxy) is 1. The monoisotopic (exact) mass is 337 g/mol. The van der Waals surface area contributed by atoms with Crippen LogP contribution in [0.25, 0.3) is 11.0 Å². The number of aryl methyl sites for hydroxylation is 2. The molecule has 5 heteroatoms. The van der Waals surface area contributed by atoms with Crippen LogP contribution in [0.2, 0.25) is 0 Å². The number of fused-ring (bicyclic) bond motifs is 1. The van der Waals surface area contributed by atoms with Crippen LogP contribution in [0, 0.1) is 13.8 Å². The second-order valence-electron chi connectivity index (χ2n) is 6.23. The third kappa shape index (κ3) is 3.65. The summed E-state index contributed by atoms with van der Waals surface area (Å²) in [6.45, 7) is 7.22. The van der Waals surface area contributed by atoms with Gasteiger partial charge in [-0.2, -0.15) is 0 Å². The molecule has 3 aromatic rings. The third-order valence-corrected chi connectivity index (χ3v) is 4.31. The Balaban J connectivity index is 1.83. The fourth-order valence-corrected chi connectivity index (χ4v) is 2.95. The minimum atomic E-state index is -0.161. The van der Waals surface area contributed by atoms with Gasteiger partial charge in [-0.15, -0.1) is 0 Å². The number of para-hydroxylation sites is 2. The quantitative estimate of drug-likeness (QED) is 0.671. The van der Waals surface area contributed by atoms with Gasteiger partial charge in [0.2, 0.25) is 6.41 Å². The maximum absolute atomic E-state index is 10.8. The number of carbonyl (C=O) groups is 1. The molecular formula is C20H23N3O2. The van der Waals surface area contributed by atoms with E-state index in [4.69, 9.17) is 4.74 Å². The number of benzene rings is 2. The summed E-state index contributed by atoms with van der Waals surface area (Å²) < 4.78 is 8.11. The fourth-order valence-electron chi connectivity index (χ4n) is 2.95. The molecule has 0 radical (unpaired) electrons. The average Bonchev–Trinajstić information content (AvgIpc) is 2.97. The first-order chi connectivity index (χ1) is 12.1. The van der Waals surface area contributed by atoms with E-state index in [1.807, 2.05) is 38.1 Å². The number of aromatic nitrogens is 2. The Morgan fingerprint density at radius 3 is 2.84 bits per heavy atom. The van der Waals surface area contributed by atoms with Gasteiger partial charge in [0.25, 0.3) is 0 Å². The fraction of sp³-hybridized carbons (Fsp3) is 0.300. The summed E-state index contributed by atoms with van der Waals surface area (Å²) in [6.07, 6.45) is 0.709. The molecule has 5 nitrogen and oxygen atoms in total. The minimum absolute atomic E-state index is 0.161. The molecule has 0 aliphatic carbocycles. The van der Waals surface area contributed by atoms with Gasteiger partial charge in [-0.1, -0.05) is 24.3 Å². The van der Waals surface area contributed by atoms with Crippen LogP contribution >= 0.6 is 0 Å². The molecule has 0 aliphatic rings. The summed E-state index contributed by atoms with van der Waals surface area (Å²) in [5.74, 6) is 1.74. The zero-order valence-electron chi connectivity index (χ0n) is 14.8. The Morgan fingerprint density at radius 1 is 1.24 bits per heavy atom. The number of rotatable bonds is 7. The van der Waals surface area contributed by atoms with Crippen LogP contribution in [0.1, 0.15) is 29.9 Å². The highest BCUT2D eigenvalue weighted by Gasteiger charge is 2.16. The average molecular weight is 337 g/mol. The topological polar surface area (TPSA) is 56.1 Å². The van der Waals surface area contributed by atoms with Crippen LogP contribution in [0.5, 0.6) is 5.75 Å². The molecule has 0 saturated carbocycles. The van der Waals surface area contributed by atoms with E-state index in [0.717, 1.165) is 28.2 Å². The van der Waals surface area contributed by atoms with Gasteiger partial charge in [-0.05, 0) is 50.1 Å². The predicted octanol–water partition coefficient (Wildman–Crippen LogP) is 3.54. The minimum Gasteiger partial charge on any atom is -0.491 e. The van der Waals surface area contributed by atoms with Crippen LogP contribution in [0.3, 0.4) is 0 Å². The first-order valence-corrected chi connectivity index (χ1v) is 8.45. The number of hydrogen-bond acceptors (Lipinski definition) is 3. The summed E-state index contributed by atoms with van der Waals surface area (Å²) in [6, 6.07) is 14.0. The lowest BCUT2D eigenvalue weighted by atomic mass is 10.1. The molecule has 2 aromatic carbocycles. The van der Waals surface area contributed by atoms with E-state index in [0.29, 0.717) is 19.6 Å². The van der Waals surface area contributed by atoms with E-state index in [1.165, 1.54) is 5.56 Å². The van der Waals surface area contributed by atoms with Crippen LogP contribution in [0.4, 0.5) is 0 Å². The smallest absolute Gasteiger partial charge is 0.207 e. The summed E-state index contributed by atoms with van der Waals surface area (Å²) in [7, 11) is 0. The molecular weight excluding hydrogens is 314 g/mol. The Bertz CT molecular complexity index is 886. The first-order valence-electron chi connectivity index (χ1n) is 8.45. The zero-order valence-corrected chi connectivity index (χ0v) is 14.8. The van der Waals surface area contributed by atoms with Crippen molar-refractivity contribution < 1.29 is 9.53 Å². The van der Waals surface area contributed by atoms with Crippen molar-refractivity contribution in [2.45, 2.75) is 33.4 Å². The van der Waals surface area contributed by atoms with E-state index in [1.54, 1.807) is 0 Å². The Morgan fingerprint density at radius 2 is 2.04 bits per heavy atom. The van der Waals surface area contributed by atoms with Gasteiger partial charge in [0.05, 0.1) is 23.6 Å². The zero-order chi connectivity index (χ0) is 17.8. The Hall–Kier alpha value is -2.82. The van der Waals surface area contributed by atoms with Crippen molar-refractivity contribution >= 4 is 17.4 Å². The molecule has 0 spiro atoms. The Labute approximate surface area is 147 Å². The van der Waals surface area contributed by atoms with Crippen molar-refractivity contribution in [3.63, 3.8) is 0 Å². The highest BCUT2D eigenvalue weighted by Crippen LogP contribution is 2.22. The van der Waals surface area contributed by atoms with Crippen molar-refractivity contribution in [3.05, 3.63) is 59.4 Å². The number of imidazole rings is 1. The number of hydrogen-bond donors (Lipinski definition) is 1. The second kappa shape index (κ2) is 7.38. The maximum atomic E-state index is 10.8. The summed E-state index contributed by atoms with van der Waals surface area (Å²) in [5, 5.41) is 2.78. The highest BCUT2D eigenvalue weighted by atomic mass is 16.5. The van der Waals surface area contributed by atoms with E-state index < -0.39 is 0 Å². The summed E-state index contributed by atoms with van der Waals surface area (Å²) in [4.78, 5) is 15.5. The lowest BCUT2D eigenvalue weighted by Gasteiger charge is -2.15. The molecule has 0 bridgehead atoms. The standard InChI is InChI=1S/C20H23N3O2/c1-14-8-9-15(2)19(12-14)25-11-10-23-18-7-5-4-6-17(18)22-20(23)16(3)21-13-24/h4-9,12-13,16H,10-11H2,1-3H3,(H,21,24)/t16-/m0/s1. The lowest BCUT2D eigenvalue weighted by molar-refractivity contribution is -0.110. The molecule has 1 amide bonds. The van der Waals surface area contributed by atoms with Gasteiger partial charge in [-0.3, -0.25) is 4.79 Å². The molecule has 0 saturated heterocycles. The molecule has 0 fully saturated rings. The van der Waals surface area contributed by atoms with Gasteiger partial charge >= 0.3 is 0 Å². The lowest BCUT2D eigenvalue weighted by Crippen LogP contribution is -2.22. The van der Waals surface area contributed by atoms with Gasteiger partial charge < -0.3 is 14.6 Å². The molecule has 1 heterocycles. The van der Waals surface area contributed by atoms with Gasteiger partial charge in [0.15, 0.2) is 0 Å². The number of nitrogens with one attached hydrogen (secondary N) is 1. The van der Waals surface area contributed by atoms with Crippen LogP contribution in [-0.4, -0.2) is 22.6 Å². The maximum Gasteiger partial charge on any atom is 0.207 e. The van der Waals surface area contributed by atoms with Crippen molar-refractivity contribution in [2.75, 3.05) is 6.61 Å². The van der Waals surface area contributed by atoms with E-state index in [-0.39, 0.29) is 6.04 Å². The molecule has 25 heavy (non-hydrogen) atoms. The predicted molar refractivity (Wildman–Crippen MR) is 98.8 cm³/mol. The SMILES string of the molecule is Cc1ccc(C)c(OCCn2c([C@H](C)NC=O)nc3ccccc32)c1.